The molecule has 0 radical (unpaired) electrons. The molecule has 3 heterocycles. The molecule has 6 nitrogen and oxygen atoms in total. The maximum Gasteiger partial charge on any atom is 0.389 e. The lowest BCUT2D eigenvalue weighted by molar-refractivity contribution is -0.134. The Morgan fingerprint density at radius 2 is 2.06 bits per heavy atom. The van der Waals surface area contributed by atoms with Gasteiger partial charge in [0.25, 0.3) is 5.91 Å². The fourth-order valence-electron chi connectivity index (χ4n) is 3.99. The van der Waals surface area contributed by atoms with Gasteiger partial charge in [0.05, 0.1) is 12.6 Å². The number of aryl methyl sites for hydroxylation is 2. The van der Waals surface area contributed by atoms with Gasteiger partial charge >= 0.3 is 6.18 Å². The van der Waals surface area contributed by atoms with Crippen molar-refractivity contribution in [2.45, 2.75) is 64.7 Å². The number of carbonyl (C=O) groups is 2. The van der Waals surface area contributed by atoms with Crippen molar-refractivity contribution in [3.8, 4) is 0 Å². The monoisotopic (exact) mass is 446 g/mol. The zero-order chi connectivity index (χ0) is 23.0. The Morgan fingerprint density at radius 3 is 2.72 bits per heavy atom. The number of carbonyl (C=O) groups excluding carboxylic acids is 2. The molecular formula is C23H25F3N4O2. The first-order chi connectivity index (χ1) is 15.1. The van der Waals surface area contributed by atoms with E-state index in [1.54, 1.807) is 24.0 Å². The number of pyridine rings is 2. The number of nitrogens with zero attached hydrogens (tertiary/aromatic N) is 3. The van der Waals surface area contributed by atoms with Crippen LogP contribution in [0.25, 0.3) is 0 Å². The van der Waals surface area contributed by atoms with Gasteiger partial charge in [-0.25, -0.2) is 4.98 Å². The fraction of sp³-hybridized carbons (Fsp3) is 0.478. The Morgan fingerprint density at radius 1 is 1.31 bits per heavy atom. The summed E-state index contributed by atoms with van der Waals surface area (Å²) >= 11 is 0. The lowest BCUT2D eigenvalue weighted by Crippen LogP contribution is -2.27. The molecule has 1 saturated carbocycles. The highest BCUT2D eigenvalue weighted by Gasteiger charge is 2.35. The zero-order valence-corrected chi connectivity index (χ0v) is 18.0. The quantitative estimate of drug-likeness (QED) is 0.667. The molecule has 2 amide bonds. The van der Waals surface area contributed by atoms with Gasteiger partial charge in [-0.05, 0) is 56.2 Å². The van der Waals surface area contributed by atoms with Gasteiger partial charge in [-0.2, -0.15) is 13.2 Å². The first kappa shape index (κ1) is 22.2. The van der Waals surface area contributed by atoms with Crippen LogP contribution in [0.3, 0.4) is 0 Å². The average Bonchev–Trinajstić information content (AvgIpc) is 3.47. The van der Waals surface area contributed by atoms with E-state index in [4.69, 9.17) is 0 Å². The summed E-state index contributed by atoms with van der Waals surface area (Å²) in [6.45, 7) is 3.87. The highest BCUT2D eigenvalue weighted by Crippen LogP contribution is 2.36. The van der Waals surface area contributed by atoms with Crippen LogP contribution < -0.4 is 5.32 Å². The molecule has 0 spiro atoms. The van der Waals surface area contributed by atoms with Crippen LogP contribution in [-0.4, -0.2) is 32.9 Å². The molecule has 0 bridgehead atoms. The van der Waals surface area contributed by atoms with Gasteiger partial charge in [0.1, 0.15) is 5.82 Å². The predicted octanol–water partition coefficient (Wildman–Crippen LogP) is 4.74. The molecule has 1 aliphatic heterocycles. The van der Waals surface area contributed by atoms with Crippen molar-refractivity contribution < 1.29 is 22.8 Å². The zero-order valence-electron chi connectivity index (χ0n) is 18.0. The topological polar surface area (TPSA) is 75.2 Å². The van der Waals surface area contributed by atoms with Crippen molar-refractivity contribution in [1.82, 2.24) is 14.9 Å². The van der Waals surface area contributed by atoms with Gasteiger partial charge in [-0.1, -0.05) is 6.07 Å². The van der Waals surface area contributed by atoms with Gasteiger partial charge in [-0.15, -0.1) is 0 Å². The Kier molecular flexibility index (Phi) is 5.92. The maximum absolute atomic E-state index is 13.0. The summed E-state index contributed by atoms with van der Waals surface area (Å²) in [5.74, 6) is 0.584. The SMILES string of the molecule is Cc1cc(C(C)N2Cc3c(ccnc3NC(=O)CC3CC3)C2=O)cnc1CCC(F)(F)F. The van der Waals surface area contributed by atoms with Crippen molar-refractivity contribution >= 4 is 17.6 Å². The van der Waals surface area contributed by atoms with E-state index in [2.05, 4.69) is 15.3 Å². The van der Waals surface area contributed by atoms with E-state index in [0.717, 1.165) is 18.4 Å². The molecule has 0 saturated heterocycles. The highest BCUT2D eigenvalue weighted by atomic mass is 19.4. The second-order valence-corrected chi connectivity index (χ2v) is 8.64. The summed E-state index contributed by atoms with van der Waals surface area (Å²) in [7, 11) is 0. The molecule has 1 unspecified atom stereocenters. The summed E-state index contributed by atoms with van der Waals surface area (Å²) in [4.78, 5) is 35.4. The lowest BCUT2D eigenvalue weighted by atomic mass is 10.0. The van der Waals surface area contributed by atoms with Gasteiger partial charge < -0.3 is 10.2 Å². The number of hydrogen-bond acceptors (Lipinski definition) is 4. The van der Waals surface area contributed by atoms with Gasteiger partial charge in [0.2, 0.25) is 5.91 Å². The molecule has 1 N–H and O–H groups in total. The van der Waals surface area contributed by atoms with E-state index in [0.29, 0.717) is 40.5 Å². The van der Waals surface area contributed by atoms with E-state index >= 15 is 0 Å². The van der Waals surface area contributed by atoms with Crippen molar-refractivity contribution in [2.75, 3.05) is 5.32 Å². The van der Waals surface area contributed by atoms with E-state index in [1.807, 2.05) is 6.92 Å². The van der Waals surface area contributed by atoms with Crippen LogP contribution >= 0.6 is 0 Å². The number of amides is 2. The Labute approximate surface area is 184 Å². The Hall–Kier alpha value is -2.97. The number of anilines is 1. The molecule has 1 atom stereocenters. The van der Waals surface area contributed by atoms with Crippen LogP contribution in [0, 0.1) is 12.8 Å². The summed E-state index contributed by atoms with van der Waals surface area (Å²) in [5.41, 5.74) is 2.99. The van der Waals surface area contributed by atoms with Crippen molar-refractivity contribution in [3.63, 3.8) is 0 Å². The van der Waals surface area contributed by atoms with Crippen molar-refractivity contribution in [2.24, 2.45) is 5.92 Å². The molecule has 0 aromatic carbocycles. The smallest absolute Gasteiger partial charge is 0.327 e. The average molecular weight is 446 g/mol. The molecule has 2 aromatic heterocycles. The normalized spacial score (nSPS) is 16.8. The van der Waals surface area contributed by atoms with E-state index in [1.165, 1.54) is 12.4 Å². The molecular weight excluding hydrogens is 421 g/mol. The second-order valence-electron chi connectivity index (χ2n) is 8.64. The third-order valence-electron chi connectivity index (χ3n) is 6.11. The maximum atomic E-state index is 13.0. The van der Waals surface area contributed by atoms with Gasteiger partial charge in [0, 0.05) is 42.1 Å². The number of aromatic nitrogens is 2. The third kappa shape index (κ3) is 4.92. The number of nitrogens with one attached hydrogen (secondary N) is 1. The molecule has 1 aliphatic carbocycles. The van der Waals surface area contributed by atoms with Gasteiger partial charge in [-0.3, -0.25) is 14.6 Å². The number of hydrogen-bond donors (Lipinski definition) is 1. The Balaban J connectivity index is 1.49. The van der Waals surface area contributed by atoms with E-state index in [-0.39, 0.29) is 30.8 Å². The summed E-state index contributed by atoms with van der Waals surface area (Å²) in [5, 5.41) is 2.84. The molecule has 1 fully saturated rings. The van der Waals surface area contributed by atoms with E-state index < -0.39 is 12.6 Å². The minimum atomic E-state index is -4.23. The van der Waals surface area contributed by atoms with Crippen LogP contribution in [0.5, 0.6) is 0 Å². The molecule has 2 aliphatic rings. The van der Waals surface area contributed by atoms with Crippen LogP contribution in [0.2, 0.25) is 0 Å². The van der Waals surface area contributed by atoms with Crippen molar-refractivity contribution in [3.05, 3.63) is 52.5 Å². The minimum Gasteiger partial charge on any atom is -0.327 e. The highest BCUT2D eigenvalue weighted by molar-refractivity contribution is 6.01. The minimum absolute atomic E-state index is 0.0957. The molecule has 9 heteroatoms. The number of alkyl halides is 3. The Bertz CT molecular complexity index is 1050. The van der Waals surface area contributed by atoms with E-state index in [9.17, 15) is 22.8 Å². The molecule has 32 heavy (non-hydrogen) atoms. The second kappa shape index (κ2) is 8.52. The van der Waals surface area contributed by atoms with Gasteiger partial charge in [0.15, 0.2) is 0 Å². The number of rotatable bonds is 7. The first-order valence-corrected chi connectivity index (χ1v) is 10.7. The summed E-state index contributed by atoms with van der Waals surface area (Å²) in [6, 6.07) is 3.09. The molecule has 4 rings (SSSR count). The van der Waals surface area contributed by atoms with Crippen LogP contribution in [-0.2, 0) is 17.8 Å². The third-order valence-corrected chi connectivity index (χ3v) is 6.11. The number of fused-ring (bicyclic) bond motifs is 1. The van der Waals surface area contributed by atoms with Crippen LogP contribution in [0.1, 0.15) is 71.4 Å². The largest absolute Gasteiger partial charge is 0.389 e. The van der Waals surface area contributed by atoms with Crippen LogP contribution in [0.15, 0.2) is 24.5 Å². The summed E-state index contributed by atoms with van der Waals surface area (Å²) in [6.07, 6.45) is 0.333. The molecule has 170 valence electrons. The standard InChI is InChI=1S/C23H25F3N4O2/c1-13-9-16(11-28-19(13)5-7-23(24,25)26)14(2)30-12-18-17(22(30)32)6-8-27-21(18)29-20(31)10-15-3-4-15/h6,8-9,11,14-15H,3-5,7,10,12H2,1-2H3,(H,27,29,31). The van der Waals surface area contributed by atoms with Crippen LogP contribution in [0.4, 0.5) is 19.0 Å². The predicted molar refractivity (Wildman–Crippen MR) is 112 cm³/mol. The molecule has 2 aromatic rings. The fourth-order valence-corrected chi connectivity index (χ4v) is 3.99. The van der Waals surface area contributed by atoms with Crippen molar-refractivity contribution in [1.29, 1.82) is 0 Å². The number of halogens is 3. The first-order valence-electron chi connectivity index (χ1n) is 10.7. The summed E-state index contributed by atoms with van der Waals surface area (Å²) < 4.78 is 37.6. The lowest BCUT2D eigenvalue weighted by Gasteiger charge is -2.25.